The zero-order valence-corrected chi connectivity index (χ0v) is 13.8. The van der Waals surface area contributed by atoms with E-state index in [4.69, 9.17) is 0 Å². The number of ketones is 1. The summed E-state index contributed by atoms with van der Waals surface area (Å²) in [5.74, 6) is -1.81. The second kappa shape index (κ2) is 6.30. The molecule has 1 aliphatic heterocycles. The van der Waals surface area contributed by atoms with E-state index in [0.717, 1.165) is 18.2 Å². The zero-order valence-electron chi connectivity index (χ0n) is 13.8. The third-order valence-corrected chi connectivity index (χ3v) is 4.43. The number of nitro groups is 1. The first kappa shape index (κ1) is 17.7. The van der Waals surface area contributed by atoms with Crippen LogP contribution in [0.2, 0.25) is 0 Å². The van der Waals surface area contributed by atoms with Gasteiger partial charge in [-0.2, -0.15) is 0 Å². The molecule has 134 valence electrons. The molecule has 0 unspecified atom stereocenters. The van der Waals surface area contributed by atoms with Crippen molar-refractivity contribution in [1.82, 2.24) is 0 Å². The monoisotopic (exact) mass is 358 g/mol. The van der Waals surface area contributed by atoms with Gasteiger partial charge in [0.25, 0.3) is 11.6 Å². The molecule has 0 radical (unpaired) electrons. The summed E-state index contributed by atoms with van der Waals surface area (Å²) in [5, 5.41) is 22.0. The van der Waals surface area contributed by atoms with Gasteiger partial charge < -0.3 is 10.0 Å². The van der Waals surface area contributed by atoms with Crippen molar-refractivity contribution in [3.05, 3.63) is 69.5 Å². The number of Topliss-reactive ketones (excluding diaryl/α,β-unsaturated/α-hetero) is 1. The summed E-state index contributed by atoms with van der Waals surface area (Å²) in [4.78, 5) is 36.9. The summed E-state index contributed by atoms with van der Waals surface area (Å²) < 4.78 is 13.0. The fourth-order valence-corrected chi connectivity index (χ4v) is 3.11. The number of nitrogens with zero attached hydrogens (tertiary/aromatic N) is 2. The minimum Gasteiger partial charge on any atom is -0.375 e. The molecule has 2 aromatic rings. The lowest BCUT2D eigenvalue weighted by Crippen LogP contribution is -2.41. The number of non-ortho nitro benzene ring substituents is 1. The second-order valence-electron chi connectivity index (χ2n) is 5.98. The Balaban J connectivity index is 2.04. The molecule has 3 rings (SSSR count). The van der Waals surface area contributed by atoms with E-state index in [0.29, 0.717) is 5.69 Å². The van der Waals surface area contributed by atoms with Gasteiger partial charge >= 0.3 is 0 Å². The van der Waals surface area contributed by atoms with E-state index in [-0.39, 0.29) is 23.4 Å². The maximum Gasteiger partial charge on any atom is 0.269 e. The predicted octanol–water partition coefficient (Wildman–Crippen LogP) is 2.56. The number of hydrogen-bond acceptors (Lipinski definition) is 5. The zero-order chi connectivity index (χ0) is 19.1. The van der Waals surface area contributed by atoms with Crippen LogP contribution in [0.25, 0.3) is 0 Å². The van der Waals surface area contributed by atoms with Crippen LogP contribution in [0.15, 0.2) is 42.5 Å². The van der Waals surface area contributed by atoms with Gasteiger partial charge in [-0.25, -0.2) is 4.39 Å². The van der Waals surface area contributed by atoms with Crippen molar-refractivity contribution in [3.63, 3.8) is 0 Å². The predicted molar refractivity (Wildman–Crippen MR) is 90.4 cm³/mol. The van der Waals surface area contributed by atoms with Gasteiger partial charge in [-0.3, -0.25) is 19.7 Å². The van der Waals surface area contributed by atoms with Gasteiger partial charge in [0.15, 0.2) is 11.4 Å². The summed E-state index contributed by atoms with van der Waals surface area (Å²) in [5.41, 5.74) is -2.01. The normalized spacial score (nSPS) is 18.7. The van der Waals surface area contributed by atoms with Crippen LogP contribution in [0.5, 0.6) is 0 Å². The number of rotatable bonds is 5. The Kier molecular flexibility index (Phi) is 4.29. The standard InChI is InChI=1S/C18H15FN2O5/c1-2-20-15-8-7-13(21(25)26)9-14(15)18(24,17(20)23)10-16(22)11-3-5-12(19)6-4-11/h3-9,24H,2,10H2,1H3/t18-/m1/s1. The maximum absolute atomic E-state index is 13.0. The van der Waals surface area contributed by atoms with E-state index in [2.05, 4.69) is 0 Å². The first-order valence-corrected chi connectivity index (χ1v) is 7.90. The minimum absolute atomic E-state index is 0.0222. The van der Waals surface area contributed by atoms with Gasteiger partial charge in [0.05, 0.1) is 17.0 Å². The molecule has 7 nitrogen and oxygen atoms in total. The molecule has 0 saturated carbocycles. The van der Waals surface area contributed by atoms with Crippen molar-refractivity contribution in [2.75, 3.05) is 11.4 Å². The number of fused-ring (bicyclic) bond motifs is 1. The Morgan fingerprint density at radius 3 is 2.50 bits per heavy atom. The second-order valence-corrected chi connectivity index (χ2v) is 5.98. The summed E-state index contributed by atoms with van der Waals surface area (Å²) in [7, 11) is 0. The highest BCUT2D eigenvalue weighted by atomic mass is 19.1. The molecule has 0 aromatic heterocycles. The number of hydrogen-bond donors (Lipinski definition) is 1. The quantitative estimate of drug-likeness (QED) is 0.503. The lowest BCUT2D eigenvalue weighted by molar-refractivity contribution is -0.385. The molecule has 0 saturated heterocycles. The first-order chi connectivity index (χ1) is 12.3. The van der Waals surface area contributed by atoms with E-state index in [1.54, 1.807) is 6.92 Å². The average molecular weight is 358 g/mol. The summed E-state index contributed by atoms with van der Waals surface area (Å²) in [6.07, 6.45) is -0.595. The van der Waals surface area contributed by atoms with Gasteiger partial charge in [-0.15, -0.1) is 0 Å². The highest BCUT2D eigenvalue weighted by Crippen LogP contribution is 2.44. The van der Waals surface area contributed by atoms with E-state index >= 15 is 0 Å². The smallest absolute Gasteiger partial charge is 0.269 e. The summed E-state index contributed by atoms with van der Waals surface area (Å²) in [6.45, 7) is 1.92. The SMILES string of the molecule is CCN1C(=O)[C@@](O)(CC(=O)c2ccc(F)cc2)c2cc([N+](=O)[O-])ccc21. The van der Waals surface area contributed by atoms with Crippen LogP contribution >= 0.6 is 0 Å². The van der Waals surface area contributed by atoms with Gasteiger partial charge in [-0.1, -0.05) is 0 Å². The molecule has 0 spiro atoms. The third-order valence-electron chi connectivity index (χ3n) is 4.43. The lowest BCUT2D eigenvalue weighted by atomic mass is 9.88. The van der Waals surface area contributed by atoms with E-state index < -0.39 is 34.5 Å². The molecule has 0 fully saturated rings. The maximum atomic E-state index is 13.0. The van der Waals surface area contributed by atoms with E-state index in [9.17, 15) is 29.2 Å². The summed E-state index contributed by atoms with van der Waals surface area (Å²) >= 11 is 0. The van der Waals surface area contributed by atoms with Crippen molar-refractivity contribution in [2.45, 2.75) is 18.9 Å². The van der Waals surface area contributed by atoms with Crippen LogP contribution in [0, 0.1) is 15.9 Å². The van der Waals surface area contributed by atoms with Gasteiger partial charge in [0, 0.05) is 29.8 Å². The molecular weight excluding hydrogens is 343 g/mol. The molecule has 1 aliphatic rings. The molecule has 0 bridgehead atoms. The van der Waals surface area contributed by atoms with Crippen molar-refractivity contribution in [3.8, 4) is 0 Å². The van der Waals surface area contributed by atoms with Crippen LogP contribution in [0.4, 0.5) is 15.8 Å². The molecule has 1 amide bonds. The van der Waals surface area contributed by atoms with Crippen LogP contribution < -0.4 is 4.90 Å². The molecule has 1 atom stereocenters. The highest BCUT2D eigenvalue weighted by Gasteiger charge is 2.51. The summed E-state index contributed by atoms with van der Waals surface area (Å²) in [6, 6.07) is 8.45. The van der Waals surface area contributed by atoms with Crippen molar-refractivity contribution in [2.24, 2.45) is 0 Å². The fourth-order valence-electron chi connectivity index (χ4n) is 3.11. The Bertz CT molecular complexity index is 912. The van der Waals surface area contributed by atoms with Crippen molar-refractivity contribution >= 4 is 23.1 Å². The number of halogens is 1. The number of benzene rings is 2. The van der Waals surface area contributed by atoms with Crippen LogP contribution in [0.1, 0.15) is 29.3 Å². The van der Waals surface area contributed by atoms with E-state index in [1.807, 2.05) is 0 Å². The van der Waals surface area contributed by atoms with Crippen LogP contribution in [-0.4, -0.2) is 28.3 Å². The number of anilines is 1. The molecule has 0 aliphatic carbocycles. The molecule has 1 heterocycles. The number of amides is 1. The number of aliphatic hydroxyl groups is 1. The van der Waals surface area contributed by atoms with Crippen molar-refractivity contribution in [1.29, 1.82) is 0 Å². The molecule has 1 N–H and O–H groups in total. The molecule has 2 aromatic carbocycles. The molecule has 8 heteroatoms. The van der Waals surface area contributed by atoms with Crippen molar-refractivity contribution < 1.29 is 24.0 Å². The Hall–Kier alpha value is -3.13. The Labute approximate surface area is 147 Å². The van der Waals surface area contributed by atoms with Gasteiger partial charge in [-0.05, 0) is 37.3 Å². The Morgan fingerprint density at radius 1 is 1.27 bits per heavy atom. The third kappa shape index (κ3) is 2.74. The topological polar surface area (TPSA) is 101 Å². The molecular formula is C18H15FN2O5. The number of carbonyl (C=O) groups excluding carboxylic acids is 2. The Morgan fingerprint density at radius 2 is 1.92 bits per heavy atom. The molecule has 26 heavy (non-hydrogen) atoms. The van der Waals surface area contributed by atoms with E-state index in [1.165, 1.54) is 29.2 Å². The van der Waals surface area contributed by atoms with Crippen LogP contribution in [0.3, 0.4) is 0 Å². The number of likely N-dealkylation sites (N-methyl/N-ethyl adjacent to an activating group) is 1. The number of nitro benzene ring substituents is 1. The number of carbonyl (C=O) groups is 2. The van der Waals surface area contributed by atoms with Gasteiger partial charge in [0.2, 0.25) is 0 Å². The largest absolute Gasteiger partial charge is 0.375 e. The fraction of sp³-hybridized carbons (Fsp3) is 0.222. The average Bonchev–Trinajstić information content (AvgIpc) is 2.82. The minimum atomic E-state index is -2.21. The first-order valence-electron chi connectivity index (χ1n) is 7.90. The highest BCUT2D eigenvalue weighted by molar-refractivity contribution is 6.10. The van der Waals surface area contributed by atoms with Gasteiger partial charge in [0.1, 0.15) is 5.82 Å². The van der Waals surface area contributed by atoms with Crippen LogP contribution in [-0.2, 0) is 10.4 Å². The lowest BCUT2D eigenvalue weighted by Gasteiger charge is -2.22.